The van der Waals surface area contributed by atoms with Crippen LogP contribution in [0.5, 0.6) is 0 Å². The third-order valence-electron chi connectivity index (χ3n) is 4.84. The monoisotopic (exact) mass is 252 g/mol. The fourth-order valence-corrected chi connectivity index (χ4v) is 3.66. The molecule has 3 atom stereocenters. The van der Waals surface area contributed by atoms with Crippen LogP contribution in [0.1, 0.15) is 58.3 Å². The molecular formula is C15H28N2O. The molecule has 0 aromatic carbocycles. The molecule has 2 rings (SSSR count). The molecule has 2 fully saturated rings. The molecule has 1 heterocycles. The lowest BCUT2D eigenvalue weighted by Gasteiger charge is -2.32. The molecule has 1 saturated carbocycles. The molecule has 3 unspecified atom stereocenters. The molecule has 3 heteroatoms. The van der Waals surface area contributed by atoms with Gasteiger partial charge < -0.3 is 10.6 Å². The first-order chi connectivity index (χ1) is 8.72. The van der Waals surface area contributed by atoms with Crippen molar-refractivity contribution in [3.8, 4) is 0 Å². The number of nitrogens with two attached hydrogens (primary N) is 1. The van der Waals surface area contributed by atoms with E-state index in [0.29, 0.717) is 17.9 Å². The van der Waals surface area contributed by atoms with Crippen LogP contribution in [0.4, 0.5) is 0 Å². The van der Waals surface area contributed by atoms with Gasteiger partial charge in [-0.05, 0) is 50.5 Å². The van der Waals surface area contributed by atoms with E-state index in [4.69, 9.17) is 5.73 Å². The smallest absolute Gasteiger partial charge is 0.222 e. The predicted molar refractivity (Wildman–Crippen MR) is 74.1 cm³/mol. The molecule has 2 N–H and O–H groups in total. The van der Waals surface area contributed by atoms with Crippen LogP contribution in [-0.2, 0) is 4.79 Å². The number of amides is 1. The van der Waals surface area contributed by atoms with Crippen molar-refractivity contribution in [1.29, 1.82) is 0 Å². The second kappa shape index (κ2) is 6.55. The van der Waals surface area contributed by atoms with Gasteiger partial charge in [0.1, 0.15) is 0 Å². The molecular weight excluding hydrogens is 224 g/mol. The lowest BCUT2D eigenvalue weighted by Crippen LogP contribution is -2.39. The first-order valence-corrected chi connectivity index (χ1v) is 7.72. The summed E-state index contributed by atoms with van der Waals surface area (Å²) >= 11 is 0. The van der Waals surface area contributed by atoms with E-state index in [9.17, 15) is 4.79 Å². The number of hydrogen-bond donors (Lipinski definition) is 1. The maximum Gasteiger partial charge on any atom is 0.222 e. The van der Waals surface area contributed by atoms with Gasteiger partial charge in [0.25, 0.3) is 0 Å². The minimum atomic E-state index is 0.397. The van der Waals surface area contributed by atoms with Gasteiger partial charge in [-0.1, -0.05) is 19.8 Å². The fraction of sp³-hybridized carbons (Fsp3) is 0.933. The predicted octanol–water partition coefficient (Wildman–Crippen LogP) is 2.54. The van der Waals surface area contributed by atoms with E-state index in [1.807, 2.05) is 0 Å². The normalized spacial score (nSPS) is 29.1. The Morgan fingerprint density at radius 2 is 2.06 bits per heavy atom. The van der Waals surface area contributed by atoms with E-state index < -0.39 is 0 Å². The van der Waals surface area contributed by atoms with E-state index in [1.54, 1.807) is 0 Å². The van der Waals surface area contributed by atoms with Gasteiger partial charge >= 0.3 is 0 Å². The Morgan fingerprint density at radius 1 is 1.28 bits per heavy atom. The number of fused-ring (bicyclic) bond motifs is 1. The van der Waals surface area contributed by atoms with Gasteiger partial charge in [0.15, 0.2) is 0 Å². The topological polar surface area (TPSA) is 46.3 Å². The van der Waals surface area contributed by atoms with Crippen LogP contribution in [0, 0.1) is 11.8 Å². The van der Waals surface area contributed by atoms with Crippen molar-refractivity contribution in [2.24, 2.45) is 17.6 Å². The molecule has 2 aliphatic rings. The molecule has 104 valence electrons. The number of carbonyl (C=O) groups excluding carboxylic acids is 1. The van der Waals surface area contributed by atoms with Crippen LogP contribution < -0.4 is 5.73 Å². The first kappa shape index (κ1) is 13.9. The Kier molecular flexibility index (Phi) is 5.04. The van der Waals surface area contributed by atoms with Crippen molar-refractivity contribution in [2.75, 3.05) is 13.1 Å². The van der Waals surface area contributed by atoms with E-state index in [2.05, 4.69) is 11.8 Å². The highest BCUT2D eigenvalue weighted by Crippen LogP contribution is 2.36. The molecule has 0 bridgehead atoms. The largest absolute Gasteiger partial charge is 0.339 e. The van der Waals surface area contributed by atoms with Crippen LogP contribution in [-0.4, -0.2) is 29.9 Å². The Hall–Kier alpha value is -0.570. The molecule has 1 aliphatic heterocycles. The van der Waals surface area contributed by atoms with Crippen molar-refractivity contribution in [3.05, 3.63) is 0 Å². The molecule has 0 aromatic heterocycles. The van der Waals surface area contributed by atoms with Gasteiger partial charge in [-0.2, -0.15) is 0 Å². The average Bonchev–Trinajstić information content (AvgIpc) is 2.80. The zero-order chi connectivity index (χ0) is 13.0. The van der Waals surface area contributed by atoms with Crippen LogP contribution in [0.25, 0.3) is 0 Å². The molecule has 3 nitrogen and oxygen atoms in total. The summed E-state index contributed by atoms with van der Waals surface area (Å²) in [6.45, 7) is 3.96. The Morgan fingerprint density at radius 3 is 2.83 bits per heavy atom. The Balaban J connectivity index is 1.78. The Labute approximate surface area is 111 Å². The second-order valence-electron chi connectivity index (χ2n) is 6.21. The van der Waals surface area contributed by atoms with Gasteiger partial charge in [0.2, 0.25) is 5.91 Å². The molecule has 1 aliphatic carbocycles. The van der Waals surface area contributed by atoms with Crippen molar-refractivity contribution in [2.45, 2.75) is 64.3 Å². The number of carbonyl (C=O) groups is 1. The summed E-state index contributed by atoms with van der Waals surface area (Å²) in [6.07, 6.45) is 9.29. The van der Waals surface area contributed by atoms with Gasteiger partial charge in [-0.25, -0.2) is 0 Å². The summed E-state index contributed by atoms with van der Waals surface area (Å²) in [4.78, 5) is 14.5. The second-order valence-corrected chi connectivity index (χ2v) is 6.21. The standard InChI is InChI=1S/C15H28N2O/c1-12(8-10-16)6-7-15(18)17-11-9-13-4-2-3-5-14(13)17/h12-14H,2-11,16H2,1H3. The van der Waals surface area contributed by atoms with Gasteiger partial charge in [-0.3, -0.25) is 4.79 Å². The average molecular weight is 252 g/mol. The molecule has 0 aromatic rings. The lowest BCUT2D eigenvalue weighted by atomic mass is 9.85. The Bertz CT molecular complexity index is 280. The number of rotatable bonds is 5. The molecule has 1 amide bonds. The summed E-state index contributed by atoms with van der Waals surface area (Å²) in [7, 11) is 0. The van der Waals surface area contributed by atoms with Crippen LogP contribution in [0.2, 0.25) is 0 Å². The van der Waals surface area contributed by atoms with Crippen LogP contribution >= 0.6 is 0 Å². The van der Waals surface area contributed by atoms with Crippen molar-refractivity contribution >= 4 is 5.91 Å². The van der Waals surface area contributed by atoms with Crippen LogP contribution in [0.3, 0.4) is 0 Å². The van der Waals surface area contributed by atoms with E-state index >= 15 is 0 Å². The summed E-state index contributed by atoms with van der Waals surface area (Å²) in [5.41, 5.74) is 5.55. The van der Waals surface area contributed by atoms with E-state index in [-0.39, 0.29) is 0 Å². The number of nitrogens with zero attached hydrogens (tertiary/aromatic N) is 1. The third kappa shape index (κ3) is 3.25. The SMILES string of the molecule is CC(CCN)CCC(=O)N1CCC2CCCCC21. The van der Waals surface area contributed by atoms with Crippen molar-refractivity contribution in [3.63, 3.8) is 0 Å². The van der Waals surface area contributed by atoms with Gasteiger partial charge in [0, 0.05) is 19.0 Å². The van der Waals surface area contributed by atoms with Gasteiger partial charge in [-0.15, -0.1) is 0 Å². The molecule has 18 heavy (non-hydrogen) atoms. The molecule has 1 saturated heterocycles. The fourth-order valence-electron chi connectivity index (χ4n) is 3.66. The zero-order valence-corrected chi connectivity index (χ0v) is 11.7. The first-order valence-electron chi connectivity index (χ1n) is 7.72. The quantitative estimate of drug-likeness (QED) is 0.817. The zero-order valence-electron chi connectivity index (χ0n) is 11.7. The third-order valence-corrected chi connectivity index (χ3v) is 4.84. The lowest BCUT2D eigenvalue weighted by molar-refractivity contribution is -0.133. The maximum absolute atomic E-state index is 12.3. The van der Waals surface area contributed by atoms with Crippen LogP contribution in [0.15, 0.2) is 0 Å². The summed E-state index contributed by atoms with van der Waals surface area (Å²) in [5, 5.41) is 0. The minimum absolute atomic E-state index is 0.397. The minimum Gasteiger partial charge on any atom is -0.339 e. The summed E-state index contributed by atoms with van der Waals surface area (Å²) < 4.78 is 0. The molecule has 0 radical (unpaired) electrons. The number of hydrogen-bond acceptors (Lipinski definition) is 2. The van der Waals surface area contributed by atoms with Crippen molar-refractivity contribution in [1.82, 2.24) is 4.90 Å². The molecule has 0 spiro atoms. The highest BCUT2D eigenvalue weighted by Gasteiger charge is 2.37. The number of likely N-dealkylation sites (tertiary alicyclic amines) is 1. The van der Waals surface area contributed by atoms with Gasteiger partial charge in [0.05, 0.1) is 0 Å². The summed E-state index contributed by atoms with van der Waals surface area (Å²) in [5.74, 6) is 1.79. The maximum atomic E-state index is 12.3. The van der Waals surface area contributed by atoms with E-state index in [0.717, 1.165) is 38.3 Å². The highest BCUT2D eigenvalue weighted by molar-refractivity contribution is 5.76. The van der Waals surface area contributed by atoms with E-state index in [1.165, 1.54) is 32.1 Å². The van der Waals surface area contributed by atoms with Crippen molar-refractivity contribution < 1.29 is 4.79 Å². The highest BCUT2D eigenvalue weighted by atomic mass is 16.2. The summed E-state index contributed by atoms with van der Waals surface area (Å²) in [6, 6.07) is 0.580.